The van der Waals surface area contributed by atoms with E-state index in [9.17, 15) is 25.1 Å². The van der Waals surface area contributed by atoms with Crippen molar-refractivity contribution in [1.82, 2.24) is 9.55 Å². The van der Waals surface area contributed by atoms with Gasteiger partial charge in [-0.1, -0.05) is 72.8 Å². The highest BCUT2D eigenvalue weighted by Crippen LogP contribution is 2.46. The number of nitrogens with zero attached hydrogens (tertiary/aromatic N) is 1. The Balaban J connectivity index is 0.000000229. The van der Waals surface area contributed by atoms with Crippen molar-refractivity contribution in [3.05, 3.63) is 131 Å². The van der Waals surface area contributed by atoms with Crippen molar-refractivity contribution < 1.29 is 53.5 Å². The number of hydrogen-bond acceptors (Lipinski definition) is 11. The first-order valence-corrected chi connectivity index (χ1v) is 18.5. The molecule has 0 unspecified atom stereocenters. The summed E-state index contributed by atoms with van der Waals surface area (Å²) in [6.07, 6.45) is -0.799. The molecule has 58 heavy (non-hydrogen) atoms. The molecule has 7 rings (SSSR count). The molecule has 13 nitrogen and oxygen atoms in total. The summed E-state index contributed by atoms with van der Waals surface area (Å²) in [5.74, 6) is 2.30. The summed E-state index contributed by atoms with van der Waals surface area (Å²) in [5.41, 5.74) is 7.60. The summed E-state index contributed by atoms with van der Waals surface area (Å²) in [4.78, 5) is 15.7. The number of methoxy groups -OCH3 is 2. The van der Waals surface area contributed by atoms with Gasteiger partial charge in [0.05, 0.1) is 56.2 Å². The molecule has 5 N–H and O–H groups in total. The first kappa shape index (κ1) is 41.2. The van der Waals surface area contributed by atoms with Crippen molar-refractivity contribution in [3.63, 3.8) is 0 Å². The van der Waals surface area contributed by atoms with Gasteiger partial charge in [-0.15, -0.1) is 0 Å². The van der Waals surface area contributed by atoms with E-state index in [1.54, 1.807) is 32.2 Å². The van der Waals surface area contributed by atoms with Crippen LogP contribution in [0.5, 0.6) is 28.9 Å². The molecule has 300 valence electrons. The Morgan fingerprint density at radius 3 is 1.86 bits per heavy atom. The Kier molecular flexibility index (Phi) is 13.6. The summed E-state index contributed by atoms with van der Waals surface area (Å²) in [5, 5.41) is 38.7. The van der Waals surface area contributed by atoms with Crippen LogP contribution in [0.25, 0.3) is 33.1 Å². The minimum Gasteiger partial charge on any atom is -0.497 e. The number of carbonyl (C=O) groups excluding carboxylic acids is 1. The highest BCUT2D eigenvalue weighted by molar-refractivity contribution is 6.59. The zero-order valence-corrected chi connectivity index (χ0v) is 32.6. The summed E-state index contributed by atoms with van der Waals surface area (Å²) >= 11 is 0. The van der Waals surface area contributed by atoms with Crippen LogP contribution in [-0.2, 0) is 38.2 Å². The number of nitrogens with one attached hydrogen (secondary N) is 1. The number of aliphatic hydroxyl groups excluding tert-OH is 2. The summed E-state index contributed by atoms with van der Waals surface area (Å²) in [6, 6.07) is 33.2. The van der Waals surface area contributed by atoms with Crippen LogP contribution < -0.4 is 29.1 Å². The molecule has 0 atom stereocenters. The molecular formula is C44H45BN2O11. The minimum absolute atomic E-state index is 0.0763. The number of para-hydroxylation sites is 1. The van der Waals surface area contributed by atoms with E-state index >= 15 is 0 Å². The van der Waals surface area contributed by atoms with Gasteiger partial charge < -0.3 is 58.2 Å². The maximum absolute atomic E-state index is 12.4. The summed E-state index contributed by atoms with van der Waals surface area (Å²) in [6.45, 7) is 2.19. The van der Waals surface area contributed by atoms with Gasteiger partial charge in [0.1, 0.15) is 36.2 Å². The van der Waals surface area contributed by atoms with E-state index < -0.39 is 13.3 Å². The topological polar surface area (TPSA) is 174 Å². The van der Waals surface area contributed by atoms with Gasteiger partial charge in [0.15, 0.2) is 0 Å². The second-order valence-corrected chi connectivity index (χ2v) is 13.0. The molecular weight excluding hydrogens is 743 g/mol. The predicted molar refractivity (Wildman–Crippen MR) is 221 cm³/mol. The molecule has 0 radical (unpaired) electrons. The molecule has 5 aromatic carbocycles. The van der Waals surface area contributed by atoms with E-state index in [0.717, 1.165) is 44.2 Å². The lowest BCUT2D eigenvalue weighted by Gasteiger charge is -2.15. The van der Waals surface area contributed by atoms with E-state index in [1.165, 1.54) is 13.2 Å². The normalized spacial score (nSPS) is 10.8. The monoisotopic (exact) mass is 788 g/mol. The van der Waals surface area contributed by atoms with Crippen LogP contribution >= 0.6 is 0 Å². The first-order valence-electron chi connectivity index (χ1n) is 18.5. The molecule has 0 saturated heterocycles. The van der Waals surface area contributed by atoms with Crippen molar-refractivity contribution in [2.24, 2.45) is 7.05 Å². The molecule has 7 aromatic rings. The van der Waals surface area contributed by atoms with Crippen LogP contribution in [0.4, 0.5) is 4.79 Å². The van der Waals surface area contributed by atoms with E-state index in [4.69, 9.17) is 28.4 Å². The molecule has 0 fully saturated rings. The molecule has 2 aromatic heterocycles. The smallest absolute Gasteiger partial charge is 0.497 e. The summed E-state index contributed by atoms with van der Waals surface area (Å²) in [7, 11) is 3.46. The van der Waals surface area contributed by atoms with Crippen molar-refractivity contribution in [1.29, 1.82) is 0 Å². The lowest BCUT2D eigenvalue weighted by molar-refractivity contribution is 0.103. The van der Waals surface area contributed by atoms with Crippen molar-refractivity contribution >= 4 is 40.7 Å². The van der Waals surface area contributed by atoms with Gasteiger partial charge in [0.25, 0.3) is 0 Å². The van der Waals surface area contributed by atoms with Gasteiger partial charge in [-0.05, 0) is 53.4 Å². The molecule has 0 spiro atoms. The van der Waals surface area contributed by atoms with Crippen LogP contribution in [-0.4, -0.2) is 63.9 Å². The van der Waals surface area contributed by atoms with E-state index in [1.807, 2.05) is 92.0 Å². The molecule has 14 heteroatoms. The number of rotatable bonds is 14. The third-order valence-corrected chi connectivity index (χ3v) is 9.56. The van der Waals surface area contributed by atoms with Gasteiger partial charge >= 0.3 is 13.3 Å². The molecule has 0 aliphatic heterocycles. The van der Waals surface area contributed by atoms with E-state index in [2.05, 4.69) is 9.55 Å². The molecule has 0 aliphatic carbocycles. The zero-order chi connectivity index (χ0) is 41.2. The SMILES string of the molecule is CCOC(=O)Oc1[nH]c2c3ccccc3n(C)c2c1-c1ccc(OC)cc1OCc1ccccc1CO.COc1ccc(B(O)O)c(OCc2ccccc2CO)c1. The fourth-order valence-electron chi connectivity index (χ4n) is 6.60. The molecule has 2 heterocycles. The number of aromatic nitrogens is 2. The largest absolute Gasteiger partial charge is 0.515 e. The van der Waals surface area contributed by atoms with Crippen LogP contribution in [0.15, 0.2) is 109 Å². The number of fused-ring (bicyclic) bond motifs is 3. The number of ether oxygens (including phenoxy) is 6. The van der Waals surface area contributed by atoms with Gasteiger partial charge in [-0.3, -0.25) is 0 Å². The third kappa shape index (κ3) is 9.06. The molecule has 0 saturated carbocycles. The fraction of sp³-hybridized carbons (Fsp3) is 0.205. The van der Waals surface area contributed by atoms with Gasteiger partial charge in [-0.25, -0.2) is 4.79 Å². The van der Waals surface area contributed by atoms with Crippen molar-refractivity contribution in [2.75, 3.05) is 20.8 Å². The molecule has 0 bridgehead atoms. The average molecular weight is 789 g/mol. The highest BCUT2D eigenvalue weighted by Gasteiger charge is 2.26. The Morgan fingerprint density at radius 1 is 0.724 bits per heavy atom. The standard InChI is InChI=1S/C29H28N2O6.C15H17BO5/c1-4-35-29(33)37-28-25(27-26(30-28)21-11-7-8-12-23(21)31(27)2)22-14-13-20(34-3)15-24(22)36-17-19-10-6-5-9-18(19)16-32;1-20-13-6-7-14(16(18)19)15(8-13)21-10-12-5-3-2-4-11(12)9-17/h5-15,30,32H,4,16-17H2,1-3H3;2-8,17-19H,9-10H2,1H3. The predicted octanol–water partition coefficient (Wildman–Crippen LogP) is 6.39. The Bertz CT molecular complexity index is 2490. The molecule has 0 amide bonds. The fourth-order valence-corrected chi connectivity index (χ4v) is 6.60. The van der Waals surface area contributed by atoms with E-state index in [-0.39, 0.29) is 44.4 Å². The minimum atomic E-state index is -1.63. The Hall–Kier alpha value is -6.45. The average Bonchev–Trinajstić information content (AvgIpc) is 3.75. The van der Waals surface area contributed by atoms with Crippen LogP contribution in [0.2, 0.25) is 0 Å². The maximum atomic E-state index is 12.4. The molecule has 0 aliphatic rings. The quantitative estimate of drug-likeness (QED) is 0.0611. The number of carbonyl (C=O) groups is 1. The number of hydrogen-bond donors (Lipinski definition) is 5. The van der Waals surface area contributed by atoms with Crippen molar-refractivity contribution in [3.8, 4) is 40.0 Å². The number of H-pyrrole nitrogens is 1. The van der Waals surface area contributed by atoms with Crippen molar-refractivity contribution in [2.45, 2.75) is 33.4 Å². The second-order valence-electron chi connectivity index (χ2n) is 13.0. The van der Waals surface area contributed by atoms with Crippen LogP contribution in [0.1, 0.15) is 29.2 Å². The summed E-state index contributed by atoms with van der Waals surface area (Å²) < 4.78 is 35.3. The van der Waals surface area contributed by atoms with Gasteiger partial charge in [-0.2, -0.15) is 0 Å². The Morgan fingerprint density at radius 2 is 1.28 bits per heavy atom. The lowest BCUT2D eigenvalue weighted by Crippen LogP contribution is -2.31. The first-order chi connectivity index (χ1) is 28.2. The van der Waals surface area contributed by atoms with Crippen LogP contribution in [0, 0.1) is 0 Å². The zero-order valence-electron chi connectivity index (χ0n) is 32.6. The Labute approximate surface area is 335 Å². The number of benzene rings is 5. The highest BCUT2D eigenvalue weighted by atomic mass is 16.7. The second kappa shape index (κ2) is 19.1. The maximum Gasteiger partial charge on any atom is 0.515 e. The lowest BCUT2D eigenvalue weighted by atomic mass is 9.79. The number of aliphatic hydroxyl groups is 2. The van der Waals surface area contributed by atoms with Gasteiger partial charge in [0.2, 0.25) is 5.88 Å². The van der Waals surface area contributed by atoms with Gasteiger partial charge in [0, 0.05) is 35.6 Å². The van der Waals surface area contributed by atoms with E-state index in [0.29, 0.717) is 34.1 Å². The van der Waals surface area contributed by atoms with Crippen LogP contribution in [0.3, 0.4) is 0 Å². The number of aromatic amines is 1. The third-order valence-electron chi connectivity index (χ3n) is 9.56. The number of aryl methyl sites for hydroxylation is 1.